The Hall–Kier alpha value is -3.64. The molecule has 0 saturated carbocycles. The van der Waals surface area contributed by atoms with E-state index in [1.54, 1.807) is 34.9 Å². The van der Waals surface area contributed by atoms with Crippen molar-refractivity contribution in [3.05, 3.63) is 64.4 Å². The van der Waals surface area contributed by atoms with Crippen LogP contribution in [-0.4, -0.2) is 30.8 Å². The lowest BCUT2D eigenvalue weighted by molar-refractivity contribution is -0.113. The molecule has 0 unspecified atom stereocenters. The predicted molar refractivity (Wildman–Crippen MR) is 116 cm³/mol. The Kier molecular flexibility index (Phi) is 5.50. The van der Waals surface area contributed by atoms with Crippen molar-refractivity contribution in [1.29, 1.82) is 5.26 Å². The number of aryl methyl sites for hydroxylation is 1. The normalized spacial score (nSPS) is 10.9. The SMILES string of the molecule is CCCn1c(=O)c2ccccc2n2c(SCC(=O)Nc3cccc(C#N)c3)nnc12. The highest BCUT2D eigenvalue weighted by atomic mass is 32.2. The van der Waals surface area contributed by atoms with Gasteiger partial charge in [-0.15, -0.1) is 10.2 Å². The highest BCUT2D eigenvalue weighted by Gasteiger charge is 2.17. The summed E-state index contributed by atoms with van der Waals surface area (Å²) < 4.78 is 3.44. The molecule has 0 radical (unpaired) electrons. The van der Waals surface area contributed by atoms with Crippen molar-refractivity contribution in [3.8, 4) is 6.07 Å². The van der Waals surface area contributed by atoms with Crippen molar-refractivity contribution in [1.82, 2.24) is 19.2 Å². The molecule has 0 aliphatic heterocycles. The van der Waals surface area contributed by atoms with Gasteiger partial charge in [0.25, 0.3) is 5.56 Å². The van der Waals surface area contributed by atoms with Crippen molar-refractivity contribution in [3.63, 3.8) is 0 Å². The van der Waals surface area contributed by atoms with Gasteiger partial charge in [-0.3, -0.25) is 18.6 Å². The third-order valence-electron chi connectivity index (χ3n) is 4.53. The lowest BCUT2D eigenvalue weighted by Crippen LogP contribution is -2.23. The molecule has 0 saturated heterocycles. The van der Waals surface area contributed by atoms with Gasteiger partial charge < -0.3 is 5.32 Å². The first-order valence-electron chi connectivity index (χ1n) is 9.42. The number of nitrogens with one attached hydrogen (secondary N) is 1. The molecule has 8 nitrogen and oxygen atoms in total. The Bertz CT molecular complexity index is 1350. The van der Waals surface area contributed by atoms with Crippen LogP contribution < -0.4 is 10.9 Å². The zero-order chi connectivity index (χ0) is 21.1. The average molecular weight is 418 g/mol. The molecule has 0 aliphatic carbocycles. The Morgan fingerprint density at radius 3 is 2.83 bits per heavy atom. The van der Waals surface area contributed by atoms with E-state index in [0.717, 1.165) is 6.42 Å². The van der Waals surface area contributed by atoms with Crippen LogP contribution in [0.2, 0.25) is 0 Å². The molecule has 4 aromatic rings. The predicted octanol–water partition coefficient (Wildman–Crippen LogP) is 3.06. The summed E-state index contributed by atoms with van der Waals surface area (Å²) in [5.74, 6) is 0.349. The number of hydrogen-bond donors (Lipinski definition) is 1. The van der Waals surface area contributed by atoms with Crippen LogP contribution in [0.15, 0.2) is 58.5 Å². The minimum absolute atomic E-state index is 0.0981. The molecule has 1 N–H and O–H groups in total. The smallest absolute Gasteiger partial charge is 0.262 e. The lowest BCUT2D eigenvalue weighted by Gasteiger charge is -2.10. The molecule has 1 amide bonds. The van der Waals surface area contributed by atoms with Crippen LogP contribution in [0.3, 0.4) is 0 Å². The van der Waals surface area contributed by atoms with Crippen LogP contribution in [0.5, 0.6) is 0 Å². The summed E-state index contributed by atoms with van der Waals surface area (Å²) in [4.78, 5) is 25.3. The molecule has 4 rings (SSSR count). The minimum atomic E-state index is -0.224. The Balaban J connectivity index is 1.64. The lowest BCUT2D eigenvalue weighted by atomic mass is 10.2. The van der Waals surface area contributed by atoms with E-state index >= 15 is 0 Å². The van der Waals surface area contributed by atoms with Crippen molar-refractivity contribution in [2.24, 2.45) is 0 Å². The van der Waals surface area contributed by atoms with Crippen molar-refractivity contribution in [2.75, 3.05) is 11.1 Å². The summed E-state index contributed by atoms with van der Waals surface area (Å²) in [5.41, 5.74) is 1.65. The molecular weight excluding hydrogens is 400 g/mol. The van der Waals surface area contributed by atoms with Gasteiger partial charge >= 0.3 is 0 Å². The molecule has 0 fully saturated rings. The quantitative estimate of drug-likeness (QED) is 0.483. The van der Waals surface area contributed by atoms with Gasteiger partial charge in [0.05, 0.1) is 28.3 Å². The van der Waals surface area contributed by atoms with Gasteiger partial charge in [0, 0.05) is 12.2 Å². The Morgan fingerprint density at radius 1 is 1.20 bits per heavy atom. The average Bonchev–Trinajstić information content (AvgIpc) is 3.19. The van der Waals surface area contributed by atoms with Crippen molar-refractivity contribution in [2.45, 2.75) is 25.0 Å². The van der Waals surface area contributed by atoms with Crippen LogP contribution in [-0.2, 0) is 11.3 Å². The van der Waals surface area contributed by atoms with Crippen LogP contribution in [0.25, 0.3) is 16.7 Å². The number of hydrogen-bond acceptors (Lipinski definition) is 6. The van der Waals surface area contributed by atoms with E-state index in [2.05, 4.69) is 15.5 Å². The molecule has 2 aromatic heterocycles. The highest BCUT2D eigenvalue weighted by molar-refractivity contribution is 7.99. The van der Waals surface area contributed by atoms with E-state index in [1.165, 1.54) is 11.8 Å². The molecule has 0 aliphatic rings. The number of anilines is 1. The Morgan fingerprint density at radius 2 is 2.03 bits per heavy atom. The summed E-state index contributed by atoms with van der Waals surface area (Å²) in [5, 5.41) is 21.3. The number of carbonyl (C=O) groups is 1. The molecule has 2 aromatic carbocycles. The molecule has 0 bridgehead atoms. The Labute approximate surface area is 176 Å². The van der Waals surface area contributed by atoms with Gasteiger partial charge in [-0.05, 0) is 36.8 Å². The minimum Gasteiger partial charge on any atom is -0.325 e. The first-order chi connectivity index (χ1) is 14.6. The summed E-state index contributed by atoms with van der Waals surface area (Å²) >= 11 is 1.24. The molecule has 2 heterocycles. The largest absolute Gasteiger partial charge is 0.325 e. The molecule has 0 spiro atoms. The van der Waals surface area contributed by atoms with E-state index < -0.39 is 0 Å². The van der Waals surface area contributed by atoms with Gasteiger partial charge in [0.2, 0.25) is 11.7 Å². The van der Waals surface area contributed by atoms with Crippen LogP contribution >= 0.6 is 11.8 Å². The number of thioether (sulfide) groups is 1. The number of rotatable bonds is 6. The second kappa shape index (κ2) is 8.39. The number of aromatic nitrogens is 4. The van der Waals surface area contributed by atoms with Gasteiger partial charge in [-0.25, -0.2) is 0 Å². The fourth-order valence-electron chi connectivity index (χ4n) is 3.25. The van der Waals surface area contributed by atoms with E-state index in [-0.39, 0.29) is 17.2 Å². The van der Waals surface area contributed by atoms with Gasteiger partial charge in [0.15, 0.2) is 5.16 Å². The maximum Gasteiger partial charge on any atom is 0.262 e. The number of carbonyl (C=O) groups excluding carboxylic acids is 1. The van der Waals surface area contributed by atoms with Crippen LogP contribution in [0, 0.1) is 11.3 Å². The van der Waals surface area contributed by atoms with Crippen LogP contribution in [0.1, 0.15) is 18.9 Å². The second-order valence-electron chi connectivity index (χ2n) is 6.62. The number of benzene rings is 2. The van der Waals surface area contributed by atoms with E-state index in [0.29, 0.717) is 39.6 Å². The summed E-state index contributed by atoms with van der Waals surface area (Å²) in [6.45, 7) is 2.53. The van der Waals surface area contributed by atoms with Crippen molar-refractivity contribution >= 4 is 40.0 Å². The third kappa shape index (κ3) is 3.65. The number of fused-ring (bicyclic) bond motifs is 3. The number of para-hydroxylation sites is 1. The third-order valence-corrected chi connectivity index (χ3v) is 5.46. The summed E-state index contributed by atoms with van der Waals surface area (Å²) in [6.07, 6.45) is 0.785. The van der Waals surface area contributed by atoms with Gasteiger partial charge in [-0.1, -0.05) is 36.9 Å². The second-order valence-corrected chi connectivity index (χ2v) is 7.56. The maximum atomic E-state index is 12.9. The number of amides is 1. The van der Waals surface area contributed by atoms with E-state index in [4.69, 9.17) is 5.26 Å². The number of nitriles is 1. The molecule has 0 atom stereocenters. The molecular formula is C21H18N6O2S. The topological polar surface area (TPSA) is 105 Å². The monoisotopic (exact) mass is 418 g/mol. The zero-order valence-corrected chi connectivity index (χ0v) is 17.0. The van der Waals surface area contributed by atoms with Gasteiger partial charge in [-0.2, -0.15) is 5.26 Å². The highest BCUT2D eigenvalue weighted by Crippen LogP contribution is 2.22. The maximum absolute atomic E-state index is 12.9. The first-order valence-corrected chi connectivity index (χ1v) is 10.4. The molecule has 30 heavy (non-hydrogen) atoms. The first kappa shape index (κ1) is 19.7. The van der Waals surface area contributed by atoms with Crippen LogP contribution in [0.4, 0.5) is 5.69 Å². The zero-order valence-electron chi connectivity index (χ0n) is 16.2. The molecule has 9 heteroatoms. The summed E-state index contributed by atoms with van der Waals surface area (Å²) in [7, 11) is 0. The molecule has 150 valence electrons. The van der Waals surface area contributed by atoms with E-state index in [1.807, 2.05) is 35.6 Å². The standard InChI is InChI=1S/C21H18N6O2S/c1-2-10-26-19(29)16-8-3-4-9-17(16)27-20(26)24-25-21(27)30-13-18(28)23-15-7-5-6-14(11-15)12-22/h3-9,11H,2,10,13H2,1H3,(H,23,28). The fraction of sp³-hybridized carbons (Fsp3) is 0.190. The van der Waals surface area contributed by atoms with Gasteiger partial charge in [0.1, 0.15) is 0 Å². The fourth-order valence-corrected chi connectivity index (χ4v) is 3.99. The van der Waals surface area contributed by atoms with Crippen molar-refractivity contribution < 1.29 is 4.79 Å². The summed E-state index contributed by atoms with van der Waals surface area (Å²) in [6, 6.07) is 16.1. The number of nitrogens with zero attached hydrogens (tertiary/aromatic N) is 5. The van der Waals surface area contributed by atoms with E-state index in [9.17, 15) is 9.59 Å².